The monoisotopic (exact) mass is 279 g/mol. The summed E-state index contributed by atoms with van der Waals surface area (Å²) < 4.78 is 1.34. The zero-order valence-corrected chi connectivity index (χ0v) is 11.6. The molecule has 1 saturated heterocycles. The minimum atomic E-state index is -0.109. The molecule has 3 heterocycles. The highest BCUT2D eigenvalue weighted by atomic mass is 32.1. The van der Waals surface area contributed by atoms with E-state index < -0.39 is 0 Å². The summed E-state index contributed by atoms with van der Waals surface area (Å²) in [6, 6.07) is 2.31. The van der Waals surface area contributed by atoms with Crippen LogP contribution in [0.4, 0.5) is 0 Å². The van der Waals surface area contributed by atoms with Crippen LogP contribution in [0, 0.1) is 0 Å². The first-order chi connectivity index (χ1) is 9.13. The summed E-state index contributed by atoms with van der Waals surface area (Å²) in [7, 11) is 0. The molecule has 0 saturated carbocycles. The van der Waals surface area contributed by atoms with E-state index in [4.69, 9.17) is 5.73 Å². The van der Waals surface area contributed by atoms with Crippen molar-refractivity contribution in [2.24, 2.45) is 5.73 Å². The summed E-state index contributed by atoms with van der Waals surface area (Å²) in [4.78, 5) is 19.3. The van der Waals surface area contributed by atoms with Crippen molar-refractivity contribution in [3.8, 4) is 0 Å². The van der Waals surface area contributed by atoms with Crippen molar-refractivity contribution in [2.45, 2.75) is 38.4 Å². The number of piperidine rings is 1. The van der Waals surface area contributed by atoms with Gasteiger partial charge >= 0.3 is 0 Å². The van der Waals surface area contributed by atoms with Gasteiger partial charge in [-0.3, -0.25) is 9.69 Å². The molecule has 0 spiro atoms. The molecule has 3 rings (SSSR count). The fourth-order valence-electron chi connectivity index (χ4n) is 2.58. The molecule has 2 aromatic rings. The normalized spacial score (nSPS) is 24.9. The van der Waals surface area contributed by atoms with Crippen LogP contribution in [0.25, 0.3) is 4.96 Å². The van der Waals surface area contributed by atoms with Gasteiger partial charge in [-0.25, -0.2) is 4.98 Å². The van der Waals surface area contributed by atoms with Gasteiger partial charge in [-0.15, -0.1) is 0 Å². The zero-order chi connectivity index (χ0) is 13.4. The van der Waals surface area contributed by atoms with Gasteiger partial charge < -0.3 is 5.73 Å². The van der Waals surface area contributed by atoms with Crippen LogP contribution < -0.4 is 11.3 Å². The molecule has 0 bridgehead atoms. The van der Waals surface area contributed by atoms with Crippen molar-refractivity contribution in [1.82, 2.24) is 19.5 Å². The lowest BCUT2D eigenvalue weighted by Gasteiger charge is -2.35. The van der Waals surface area contributed by atoms with E-state index in [-0.39, 0.29) is 5.56 Å². The average Bonchev–Trinajstić information content (AvgIpc) is 2.81. The first kappa shape index (κ1) is 12.7. The van der Waals surface area contributed by atoms with E-state index in [2.05, 4.69) is 21.9 Å². The molecule has 1 fully saturated rings. The van der Waals surface area contributed by atoms with Crippen LogP contribution in [-0.4, -0.2) is 38.1 Å². The Balaban J connectivity index is 1.83. The summed E-state index contributed by atoms with van der Waals surface area (Å²) in [5, 5.41) is 3.96. The second-order valence-electron chi connectivity index (χ2n) is 5.12. The van der Waals surface area contributed by atoms with Crippen molar-refractivity contribution in [3.05, 3.63) is 27.6 Å². The maximum Gasteiger partial charge on any atom is 0.275 e. The molecule has 0 radical (unpaired) electrons. The van der Waals surface area contributed by atoms with E-state index in [0.29, 0.717) is 23.6 Å². The number of aromatic nitrogens is 3. The molecule has 2 atom stereocenters. The van der Waals surface area contributed by atoms with Crippen molar-refractivity contribution < 1.29 is 0 Å². The van der Waals surface area contributed by atoms with Gasteiger partial charge in [-0.05, 0) is 19.8 Å². The van der Waals surface area contributed by atoms with Crippen LogP contribution in [0.3, 0.4) is 0 Å². The van der Waals surface area contributed by atoms with Crippen molar-refractivity contribution >= 4 is 16.3 Å². The maximum absolute atomic E-state index is 11.9. The van der Waals surface area contributed by atoms with Crippen LogP contribution in [0.1, 0.15) is 25.5 Å². The number of hydrogen-bond donors (Lipinski definition) is 1. The topological polar surface area (TPSA) is 76.5 Å². The van der Waals surface area contributed by atoms with Crippen molar-refractivity contribution in [2.75, 3.05) is 6.54 Å². The van der Waals surface area contributed by atoms with E-state index in [1.54, 1.807) is 11.6 Å². The molecular weight excluding hydrogens is 262 g/mol. The third-order valence-electron chi connectivity index (χ3n) is 3.66. The molecule has 6 nitrogen and oxygen atoms in total. The molecule has 102 valence electrons. The van der Waals surface area contributed by atoms with Gasteiger partial charge in [-0.2, -0.15) is 9.61 Å². The fourth-order valence-corrected chi connectivity index (χ4v) is 3.22. The van der Waals surface area contributed by atoms with Crippen LogP contribution >= 0.6 is 11.3 Å². The third-order valence-corrected chi connectivity index (χ3v) is 4.33. The van der Waals surface area contributed by atoms with Crippen LogP contribution in [0.15, 0.2) is 16.4 Å². The Bertz CT molecular complexity index is 636. The highest BCUT2D eigenvalue weighted by Crippen LogP contribution is 2.18. The Kier molecular flexibility index (Phi) is 3.34. The van der Waals surface area contributed by atoms with Gasteiger partial charge in [0.15, 0.2) is 0 Å². The summed E-state index contributed by atoms with van der Waals surface area (Å²) in [6.45, 7) is 3.85. The zero-order valence-electron chi connectivity index (χ0n) is 10.8. The second kappa shape index (κ2) is 4.99. The SMILES string of the molecule is CC1CC(N)CCN1Cc1cc(=O)n2ncsc2n1. The van der Waals surface area contributed by atoms with Gasteiger partial charge in [0.1, 0.15) is 5.51 Å². The molecule has 2 unspecified atom stereocenters. The van der Waals surface area contributed by atoms with E-state index in [0.717, 1.165) is 25.1 Å². The lowest BCUT2D eigenvalue weighted by molar-refractivity contribution is 0.138. The first-order valence-electron chi connectivity index (χ1n) is 6.45. The average molecular weight is 279 g/mol. The molecule has 0 amide bonds. The maximum atomic E-state index is 11.9. The Morgan fingerprint density at radius 2 is 2.42 bits per heavy atom. The third kappa shape index (κ3) is 2.54. The van der Waals surface area contributed by atoms with Gasteiger partial charge in [0, 0.05) is 31.2 Å². The Morgan fingerprint density at radius 1 is 1.58 bits per heavy atom. The number of likely N-dealkylation sites (tertiary alicyclic amines) is 1. The van der Waals surface area contributed by atoms with Gasteiger partial charge in [-0.1, -0.05) is 11.3 Å². The molecule has 7 heteroatoms. The first-order valence-corrected chi connectivity index (χ1v) is 7.33. The molecule has 19 heavy (non-hydrogen) atoms. The summed E-state index contributed by atoms with van der Waals surface area (Å²) >= 11 is 1.38. The number of fused-ring (bicyclic) bond motifs is 1. The minimum Gasteiger partial charge on any atom is -0.328 e. The molecule has 1 aliphatic heterocycles. The van der Waals surface area contributed by atoms with E-state index in [1.165, 1.54) is 15.9 Å². The smallest absolute Gasteiger partial charge is 0.275 e. The summed E-state index contributed by atoms with van der Waals surface area (Å²) in [6.07, 6.45) is 2.01. The number of hydrogen-bond acceptors (Lipinski definition) is 6. The van der Waals surface area contributed by atoms with Gasteiger partial charge in [0.05, 0.1) is 5.69 Å². The van der Waals surface area contributed by atoms with E-state index in [1.807, 2.05) is 0 Å². The predicted octanol–water partition coefficient (Wildman–Crippen LogP) is 0.463. The molecular formula is C12H17N5OS. The molecule has 2 aromatic heterocycles. The highest BCUT2D eigenvalue weighted by molar-refractivity contribution is 7.14. The van der Waals surface area contributed by atoms with E-state index in [9.17, 15) is 4.79 Å². The lowest BCUT2D eigenvalue weighted by atomic mass is 9.99. The Hall–Kier alpha value is -1.31. The molecule has 1 aliphatic rings. The second-order valence-corrected chi connectivity index (χ2v) is 5.93. The number of nitrogens with two attached hydrogens (primary N) is 1. The fraction of sp³-hybridized carbons (Fsp3) is 0.583. The Labute approximate surface area is 114 Å². The van der Waals surface area contributed by atoms with Crippen molar-refractivity contribution in [3.63, 3.8) is 0 Å². The van der Waals surface area contributed by atoms with Gasteiger partial charge in [0.25, 0.3) is 5.56 Å². The highest BCUT2D eigenvalue weighted by Gasteiger charge is 2.23. The van der Waals surface area contributed by atoms with Crippen LogP contribution in [0.2, 0.25) is 0 Å². The Morgan fingerprint density at radius 3 is 3.21 bits per heavy atom. The molecule has 2 N–H and O–H groups in total. The summed E-state index contributed by atoms with van der Waals surface area (Å²) in [5.41, 5.74) is 8.31. The predicted molar refractivity (Wildman–Crippen MR) is 74.2 cm³/mol. The quantitative estimate of drug-likeness (QED) is 0.864. The van der Waals surface area contributed by atoms with Crippen LogP contribution in [0.5, 0.6) is 0 Å². The van der Waals surface area contributed by atoms with Crippen LogP contribution in [-0.2, 0) is 6.54 Å². The molecule has 0 aliphatic carbocycles. The lowest BCUT2D eigenvalue weighted by Crippen LogP contribution is -2.45. The summed E-state index contributed by atoms with van der Waals surface area (Å²) in [5.74, 6) is 0. The largest absolute Gasteiger partial charge is 0.328 e. The standard InChI is InChI=1S/C12H17N5OS/c1-8-4-9(13)2-3-16(8)6-10-5-11(18)17-12(15-10)19-7-14-17/h5,7-9H,2-4,6,13H2,1H3. The van der Waals surface area contributed by atoms with Gasteiger partial charge in [0.2, 0.25) is 4.96 Å². The number of nitrogens with zero attached hydrogens (tertiary/aromatic N) is 4. The minimum absolute atomic E-state index is 0.109. The van der Waals surface area contributed by atoms with Crippen molar-refractivity contribution in [1.29, 1.82) is 0 Å². The van der Waals surface area contributed by atoms with E-state index >= 15 is 0 Å². The molecule has 0 aromatic carbocycles. The number of rotatable bonds is 2.